The number of hydrogen-bond acceptors (Lipinski definition) is 10. The van der Waals surface area contributed by atoms with Gasteiger partial charge in [0.2, 0.25) is 17.4 Å². The number of aryl methyl sites for hydroxylation is 1. The van der Waals surface area contributed by atoms with E-state index in [1.54, 1.807) is 32.4 Å². The Hall–Kier alpha value is -5.17. The predicted molar refractivity (Wildman–Crippen MR) is 179 cm³/mol. The summed E-state index contributed by atoms with van der Waals surface area (Å²) in [6.45, 7) is 4.80. The van der Waals surface area contributed by atoms with E-state index in [1.807, 2.05) is 24.3 Å². The van der Waals surface area contributed by atoms with Gasteiger partial charge < -0.3 is 28.3 Å². The molecule has 6 heterocycles. The van der Waals surface area contributed by atoms with Crippen molar-refractivity contribution >= 4 is 34.5 Å². The summed E-state index contributed by atoms with van der Waals surface area (Å²) in [6.07, 6.45) is 5.76. The molecule has 254 valence electrons. The highest BCUT2D eigenvalue weighted by Crippen LogP contribution is 2.45. The fourth-order valence-electron chi connectivity index (χ4n) is 7.98. The Morgan fingerprint density at radius 3 is 2.43 bits per heavy atom. The lowest BCUT2D eigenvalue weighted by atomic mass is 9.71. The maximum absolute atomic E-state index is 13.3. The number of nitrogens with one attached hydrogen (secondary N) is 1. The van der Waals surface area contributed by atoms with Crippen LogP contribution in [0.25, 0.3) is 22.2 Å². The largest absolute Gasteiger partial charge is 0.496 e. The molecule has 2 aromatic heterocycles. The molecule has 1 spiro atoms. The molecular weight excluding hydrogens is 628 g/mol. The molecule has 49 heavy (non-hydrogen) atoms. The molecule has 1 unspecified atom stereocenters. The Balaban J connectivity index is 0.925. The molecule has 13 heteroatoms. The zero-order chi connectivity index (χ0) is 34.0. The first-order valence-corrected chi connectivity index (χ1v) is 16.6. The highest BCUT2D eigenvalue weighted by molar-refractivity contribution is 6.05. The average molecular weight is 667 g/mol. The summed E-state index contributed by atoms with van der Waals surface area (Å²) in [5, 5.41) is 2.37. The van der Waals surface area contributed by atoms with Crippen LogP contribution in [0.2, 0.25) is 0 Å². The van der Waals surface area contributed by atoms with Crippen LogP contribution in [0.4, 0.5) is 5.69 Å². The number of anilines is 1. The van der Waals surface area contributed by atoms with Crippen molar-refractivity contribution in [1.29, 1.82) is 0 Å². The standard InChI is InChI=1S/C36H38N6O7/c1-39-16-25(31-32(35(39)46)49-20-37-31)22-12-28(47-2)26(29(13-22)48-3)17-40-10-8-36(9-11-40)18-41(19-36)23-5-4-21-15-42(34(45)24(21)14-23)27-6-7-30(43)38-33(27)44/h4-5,12-14,16,20,27H,6-11,15,17-19H2,1-3H3,(H,38,43,44). The molecule has 3 saturated heterocycles. The van der Waals surface area contributed by atoms with E-state index < -0.39 is 11.9 Å². The monoisotopic (exact) mass is 666 g/mol. The molecule has 2 aromatic carbocycles. The van der Waals surface area contributed by atoms with Gasteiger partial charge in [-0.05, 0) is 67.7 Å². The normalized spacial score (nSPS) is 20.5. The molecule has 0 bridgehead atoms. The molecule has 3 fully saturated rings. The molecule has 0 saturated carbocycles. The number of ether oxygens (including phenoxy) is 2. The number of piperidine rings is 2. The van der Waals surface area contributed by atoms with Crippen LogP contribution in [0.15, 0.2) is 52.1 Å². The maximum Gasteiger partial charge on any atom is 0.295 e. The number of hydrogen-bond donors (Lipinski definition) is 1. The SMILES string of the molecule is COc1cc(-c2cn(C)c(=O)c3ocnc23)cc(OC)c1CN1CCC2(CC1)CN(c1ccc3c(c1)C(=O)N(C1CCC(=O)NC1=O)C3)C2. The third-order valence-electron chi connectivity index (χ3n) is 10.8. The fourth-order valence-corrected chi connectivity index (χ4v) is 7.98. The van der Waals surface area contributed by atoms with Crippen LogP contribution in [0.3, 0.4) is 0 Å². The molecule has 4 aliphatic rings. The van der Waals surface area contributed by atoms with Gasteiger partial charge in [0.25, 0.3) is 11.5 Å². The van der Waals surface area contributed by atoms with Gasteiger partial charge in [-0.1, -0.05) is 6.07 Å². The summed E-state index contributed by atoms with van der Waals surface area (Å²) in [4.78, 5) is 60.6. The Labute approximate surface area is 282 Å². The Morgan fingerprint density at radius 1 is 1.00 bits per heavy atom. The summed E-state index contributed by atoms with van der Waals surface area (Å²) in [5.74, 6) is 0.592. The zero-order valence-electron chi connectivity index (χ0n) is 27.8. The van der Waals surface area contributed by atoms with Gasteiger partial charge in [-0.15, -0.1) is 0 Å². The first-order valence-electron chi connectivity index (χ1n) is 16.6. The van der Waals surface area contributed by atoms with Crippen LogP contribution in [0, 0.1) is 5.41 Å². The molecule has 4 aromatic rings. The first-order chi connectivity index (χ1) is 23.7. The van der Waals surface area contributed by atoms with Gasteiger partial charge in [0.15, 0.2) is 6.39 Å². The molecule has 4 aliphatic heterocycles. The van der Waals surface area contributed by atoms with Crippen molar-refractivity contribution < 1.29 is 28.3 Å². The van der Waals surface area contributed by atoms with Crippen molar-refractivity contribution in [2.45, 2.75) is 44.8 Å². The van der Waals surface area contributed by atoms with E-state index in [9.17, 15) is 19.2 Å². The number of benzene rings is 2. The number of fused-ring (bicyclic) bond motifs is 2. The molecular formula is C36H38N6O7. The van der Waals surface area contributed by atoms with Crippen LogP contribution in [-0.2, 0) is 29.7 Å². The van der Waals surface area contributed by atoms with Crippen LogP contribution in [-0.4, -0.2) is 83.5 Å². The van der Waals surface area contributed by atoms with Crippen molar-refractivity contribution in [2.75, 3.05) is 45.3 Å². The quantitative estimate of drug-likeness (QED) is 0.293. The summed E-state index contributed by atoms with van der Waals surface area (Å²) in [6, 6.07) is 9.37. The summed E-state index contributed by atoms with van der Waals surface area (Å²) >= 11 is 0. The van der Waals surface area contributed by atoms with Gasteiger partial charge >= 0.3 is 0 Å². The van der Waals surface area contributed by atoms with Gasteiger partial charge in [0, 0.05) is 68.1 Å². The number of oxazole rings is 1. The Morgan fingerprint density at radius 2 is 1.73 bits per heavy atom. The second-order valence-electron chi connectivity index (χ2n) is 13.7. The maximum atomic E-state index is 13.3. The van der Waals surface area contributed by atoms with Crippen LogP contribution in [0.5, 0.6) is 11.5 Å². The number of aromatic nitrogens is 2. The van der Waals surface area contributed by atoms with Crippen LogP contribution in [0.1, 0.15) is 47.2 Å². The second kappa shape index (κ2) is 11.8. The summed E-state index contributed by atoms with van der Waals surface area (Å²) in [5.41, 5.74) is 5.81. The Kier molecular flexibility index (Phi) is 7.47. The van der Waals surface area contributed by atoms with Gasteiger partial charge in [-0.3, -0.25) is 29.4 Å². The second-order valence-corrected chi connectivity index (χ2v) is 13.7. The number of likely N-dealkylation sites (tertiary alicyclic amines) is 1. The van der Waals surface area contributed by atoms with E-state index in [0.717, 1.165) is 67.0 Å². The Bertz CT molecular complexity index is 2040. The lowest BCUT2D eigenvalue weighted by molar-refractivity contribution is -0.136. The minimum atomic E-state index is -0.609. The van der Waals surface area contributed by atoms with Crippen LogP contribution >= 0.6 is 0 Å². The molecule has 0 radical (unpaired) electrons. The molecule has 1 N–H and O–H groups in total. The van der Waals surface area contributed by atoms with Gasteiger partial charge in [-0.2, -0.15) is 0 Å². The van der Waals surface area contributed by atoms with Gasteiger partial charge in [0.1, 0.15) is 23.1 Å². The molecule has 3 amide bonds. The number of nitrogens with zero attached hydrogens (tertiary/aromatic N) is 5. The van der Waals surface area contributed by atoms with E-state index in [0.29, 0.717) is 42.1 Å². The topological polar surface area (TPSA) is 139 Å². The molecule has 1 atom stereocenters. The summed E-state index contributed by atoms with van der Waals surface area (Å²) < 4.78 is 18.6. The summed E-state index contributed by atoms with van der Waals surface area (Å²) in [7, 11) is 5.00. The third kappa shape index (κ3) is 5.23. The average Bonchev–Trinajstić information content (AvgIpc) is 3.71. The minimum Gasteiger partial charge on any atom is -0.496 e. The minimum absolute atomic E-state index is 0.144. The van der Waals surface area contributed by atoms with Crippen molar-refractivity contribution in [3.63, 3.8) is 0 Å². The number of imide groups is 1. The van der Waals surface area contributed by atoms with E-state index in [1.165, 1.54) is 11.0 Å². The van der Waals surface area contributed by atoms with Gasteiger partial charge in [0.05, 0.1) is 19.8 Å². The zero-order valence-corrected chi connectivity index (χ0v) is 27.8. The predicted octanol–water partition coefficient (Wildman–Crippen LogP) is 3.07. The number of amides is 3. The highest BCUT2D eigenvalue weighted by atomic mass is 16.5. The molecule has 13 nitrogen and oxygen atoms in total. The number of methoxy groups -OCH3 is 2. The number of carbonyl (C=O) groups is 3. The van der Waals surface area contributed by atoms with Crippen molar-refractivity contribution in [2.24, 2.45) is 12.5 Å². The smallest absolute Gasteiger partial charge is 0.295 e. The van der Waals surface area contributed by atoms with Crippen molar-refractivity contribution in [3.05, 3.63) is 70.0 Å². The number of pyridine rings is 1. The van der Waals surface area contributed by atoms with Crippen molar-refractivity contribution in [3.8, 4) is 22.6 Å². The lowest BCUT2D eigenvalue weighted by Crippen LogP contribution is -2.60. The van der Waals surface area contributed by atoms with E-state index in [4.69, 9.17) is 13.9 Å². The van der Waals surface area contributed by atoms with E-state index in [2.05, 4.69) is 26.2 Å². The number of rotatable bonds is 7. The fraction of sp³-hybridized carbons (Fsp3) is 0.417. The van der Waals surface area contributed by atoms with E-state index >= 15 is 0 Å². The van der Waals surface area contributed by atoms with Crippen LogP contribution < -0.4 is 25.2 Å². The molecule has 8 rings (SSSR count). The number of carbonyl (C=O) groups excluding carboxylic acids is 3. The third-order valence-corrected chi connectivity index (χ3v) is 10.8. The van der Waals surface area contributed by atoms with Gasteiger partial charge in [-0.25, -0.2) is 4.98 Å². The molecule has 0 aliphatic carbocycles. The highest BCUT2D eigenvalue weighted by Gasteiger charge is 2.46. The van der Waals surface area contributed by atoms with Crippen molar-refractivity contribution in [1.82, 2.24) is 24.7 Å². The first kappa shape index (κ1) is 31.1. The van der Waals surface area contributed by atoms with E-state index in [-0.39, 0.29) is 34.8 Å². The lowest BCUT2D eigenvalue weighted by Gasteiger charge is -2.55.